The molecule has 3 nitrogen and oxygen atoms in total. The van der Waals surface area contributed by atoms with Gasteiger partial charge >= 0.3 is 0 Å². The van der Waals surface area contributed by atoms with Gasteiger partial charge < -0.3 is 15.1 Å². The fourth-order valence-corrected chi connectivity index (χ4v) is 2.54. The largest absolute Gasteiger partial charge is 0.313 e. The zero-order chi connectivity index (χ0) is 13.5. The number of piperidine rings is 1. The topological polar surface area (TPSA) is 18.5 Å². The maximum atomic E-state index is 3.71. The van der Waals surface area contributed by atoms with E-state index in [4.69, 9.17) is 0 Å². The summed E-state index contributed by atoms with van der Waals surface area (Å²) in [5.41, 5.74) is 0. The third-order valence-electron chi connectivity index (χ3n) is 3.99. The summed E-state index contributed by atoms with van der Waals surface area (Å²) in [6.07, 6.45) is 2.64. The van der Waals surface area contributed by atoms with Crippen LogP contribution in [0.4, 0.5) is 0 Å². The normalized spacial score (nSPS) is 19.3. The second kappa shape index (κ2) is 8.13. The van der Waals surface area contributed by atoms with Crippen molar-refractivity contribution in [2.45, 2.75) is 52.6 Å². The van der Waals surface area contributed by atoms with Crippen molar-refractivity contribution in [1.29, 1.82) is 0 Å². The zero-order valence-electron chi connectivity index (χ0n) is 13.1. The van der Waals surface area contributed by atoms with Crippen molar-refractivity contribution in [1.82, 2.24) is 15.1 Å². The van der Waals surface area contributed by atoms with E-state index in [1.54, 1.807) is 0 Å². The fourth-order valence-electron chi connectivity index (χ4n) is 2.54. The Balaban J connectivity index is 2.09. The van der Waals surface area contributed by atoms with E-state index in [0.717, 1.165) is 25.0 Å². The molecule has 0 aromatic heterocycles. The lowest BCUT2D eigenvalue weighted by atomic mass is 10.0. The van der Waals surface area contributed by atoms with Crippen LogP contribution in [0, 0.1) is 5.92 Å². The first kappa shape index (κ1) is 15.9. The van der Waals surface area contributed by atoms with Crippen LogP contribution >= 0.6 is 0 Å². The van der Waals surface area contributed by atoms with Gasteiger partial charge in [0, 0.05) is 31.7 Å². The van der Waals surface area contributed by atoms with E-state index in [2.05, 4.69) is 49.9 Å². The predicted molar refractivity (Wildman–Crippen MR) is 80.1 cm³/mol. The molecule has 0 radical (unpaired) electrons. The molecule has 0 bridgehead atoms. The van der Waals surface area contributed by atoms with Gasteiger partial charge in [-0.25, -0.2) is 0 Å². The van der Waals surface area contributed by atoms with Gasteiger partial charge in [0.25, 0.3) is 0 Å². The number of likely N-dealkylation sites (N-methyl/N-ethyl adjacent to an activating group) is 1. The van der Waals surface area contributed by atoms with Crippen molar-refractivity contribution in [2.24, 2.45) is 5.92 Å². The summed E-state index contributed by atoms with van der Waals surface area (Å²) in [5.74, 6) is 0.800. The average Bonchev–Trinajstić information content (AvgIpc) is 2.30. The molecule has 1 saturated heterocycles. The highest BCUT2D eigenvalue weighted by atomic mass is 15.2. The first-order chi connectivity index (χ1) is 8.49. The minimum atomic E-state index is 0.652. The Hall–Kier alpha value is -0.120. The number of rotatable bonds is 7. The Morgan fingerprint density at radius 2 is 1.78 bits per heavy atom. The molecule has 108 valence electrons. The summed E-state index contributed by atoms with van der Waals surface area (Å²) < 4.78 is 0. The molecule has 0 aromatic carbocycles. The van der Waals surface area contributed by atoms with Crippen LogP contribution in [0.25, 0.3) is 0 Å². The van der Waals surface area contributed by atoms with E-state index in [0.29, 0.717) is 6.04 Å². The lowest BCUT2D eigenvalue weighted by molar-refractivity contribution is 0.176. The highest BCUT2D eigenvalue weighted by molar-refractivity contribution is 4.78. The smallest absolute Gasteiger partial charge is 0.0107 e. The standard InChI is InChI=1S/C15H33N3/c1-13(2)12-18-9-6-15(7-10-18)16-8-11-17(5)14(3)4/h13-16H,6-12H2,1-5H3. The van der Waals surface area contributed by atoms with E-state index < -0.39 is 0 Å². The number of nitrogens with zero attached hydrogens (tertiary/aromatic N) is 2. The predicted octanol–water partition coefficient (Wildman–Crippen LogP) is 2.04. The van der Waals surface area contributed by atoms with Crippen LogP contribution in [-0.2, 0) is 0 Å². The fraction of sp³-hybridized carbons (Fsp3) is 1.00. The van der Waals surface area contributed by atoms with Gasteiger partial charge in [-0.2, -0.15) is 0 Å². The molecule has 0 aromatic rings. The van der Waals surface area contributed by atoms with Gasteiger partial charge in [-0.05, 0) is 52.7 Å². The van der Waals surface area contributed by atoms with E-state index in [1.807, 2.05) is 0 Å². The van der Waals surface area contributed by atoms with Crippen molar-refractivity contribution in [2.75, 3.05) is 39.8 Å². The third kappa shape index (κ3) is 6.17. The average molecular weight is 255 g/mol. The van der Waals surface area contributed by atoms with Crippen molar-refractivity contribution in [3.05, 3.63) is 0 Å². The quantitative estimate of drug-likeness (QED) is 0.751. The van der Waals surface area contributed by atoms with E-state index in [-0.39, 0.29) is 0 Å². The Morgan fingerprint density at radius 1 is 1.17 bits per heavy atom. The molecule has 0 amide bonds. The van der Waals surface area contributed by atoms with Crippen LogP contribution < -0.4 is 5.32 Å². The lowest BCUT2D eigenvalue weighted by Gasteiger charge is -2.33. The summed E-state index contributed by atoms with van der Waals surface area (Å²) in [4.78, 5) is 5.02. The Bertz CT molecular complexity index is 208. The number of hydrogen-bond acceptors (Lipinski definition) is 3. The first-order valence-electron chi connectivity index (χ1n) is 7.65. The molecule has 1 fully saturated rings. The van der Waals surface area contributed by atoms with Gasteiger partial charge in [0.15, 0.2) is 0 Å². The van der Waals surface area contributed by atoms with Crippen LogP contribution in [0.2, 0.25) is 0 Å². The second-order valence-corrected chi connectivity index (χ2v) is 6.50. The minimum Gasteiger partial charge on any atom is -0.313 e. The van der Waals surface area contributed by atoms with Crippen LogP contribution in [0.15, 0.2) is 0 Å². The van der Waals surface area contributed by atoms with Gasteiger partial charge in [0.05, 0.1) is 0 Å². The minimum absolute atomic E-state index is 0.652. The molecule has 1 aliphatic rings. The zero-order valence-corrected chi connectivity index (χ0v) is 13.1. The summed E-state index contributed by atoms with van der Waals surface area (Å²) in [6.45, 7) is 15.2. The molecule has 0 spiro atoms. The van der Waals surface area contributed by atoms with Gasteiger partial charge in [-0.3, -0.25) is 0 Å². The summed E-state index contributed by atoms with van der Waals surface area (Å²) >= 11 is 0. The van der Waals surface area contributed by atoms with Crippen LogP contribution in [0.5, 0.6) is 0 Å². The van der Waals surface area contributed by atoms with Crippen LogP contribution in [0.1, 0.15) is 40.5 Å². The second-order valence-electron chi connectivity index (χ2n) is 6.50. The summed E-state index contributed by atoms with van der Waals surface area (Å²) in [5, 5.41) is 3.71. The molecule has 3 heteroatoms. The van der Waals surface area contributed by atoms with Crippen molar-refractivity contribution in [3.8, 4) is 0 Å². The number of likely N-dealkylation sites (tertiary alicyclic amines) is 1. The van der Waals surface area contributed by atoms with Gasteiger partial charge in [-0.1, -0.05) is 13.8 Å². The molecule has 1 heterocycles. The molecule has 0 unspecified atom stereocenters. The Morgan fingerprint density at radius 3 is 2.28 bits per heavy atom. The molecule has 1 aliphatic heterocycles. The highest BCUT2D eigenvalue weighted by Gasteiger charge is 2.19. The monoisotopic (exact) mass is 255 g/mol. The summed E-state index contributed by atoms with van der Waals surface area (Å²) in [6, 6.07) is 1.40. The van der Waals surface area contributed by atoms with Crippen LogP contribution in [-0.4, -0.2) is 61.7 Å². The van der Waals surface area contributed by atoms with Crippen LogP contribution in [0.3, 0.4) is 0 Å². The molecule has 0 atom stereocenters. The van der Waals surface area contributed by atoms with E-state index in [9.17, 15) is 0 Å². The van der Waals surface area contributed by atoms with Gasteiger partial charge in [-0.15, -0.1) is 0 Å². The SMILES string of the molecule is CC(C)CN1CCC(NCCN(C)C(C)C)CC1. The van der Waals surface area contributed by atoms with Crippen molar-refractivity contribution >= 4 is 0 Å². The first-order valence-corrected chi connectivity index (χ1v) is 7.65. The maximum Gasteiger partial charge on any atom is 0.0107 e. The molecular formula is C15H33N3. The molecular weight excluding hydrogens is 222 g/mol. The van der Waals surface area contributed by atoms with Crippen molar-refractivity contribution in [3.63, 3.8) is 0 Å². The molecule has 0 saturated carbocycles. The van der Waals surface area contributed by atoms with Crippen molar-refractivity contribution < 1.29 is 0 Å². The van der Waals surface area contributed by atoms with Gasteiger partial charge in [0.2, 0.25) is 0 Å². The molecule has 1 rings (SSSR count). The van der Waals surface area contributed by atoms with E-state index >= 15 is 0 Å². The van der Waals surface area contributed by atoms with E-state index in [1.165, 1.54) is 32.5 Å². The molecule has 0 aliphatic carbocycles. The Kier molecular flexibility index (Phi) is 7.20. The molecule has 18 heavy (non-hydrogen) atoms. The number of nitrogens with one attached hydrogen (secondary N) is 1. The third-order valence-corrected chi connectivity index (χ3v) is 3.99. The number of hydrogen-bond donors (Lipinski definition) is 1. The lowest BCUT2D eigenvalue weighted by Crippen LogP contribution is -2.45. The highest BCUT2D eigenvalue weighted by Crippen LogP contribution is 2.11. The Labute approximate surface area is 114 Å². The van der Waals surface area contributed by atoms with Gasteiger partial charge in [0.1, 0.15) is 0 Å². The molecule has 1 N–H and O–H groups in total. The summed E-state index contributed by atoms with van der Waals surface area (Å²) in [7, 11) is 2.21. The maximum absolute atomic E-state index is 3.71.